The van der Waals surface area contributed by atoms with Crippen molar-refractivity contribution < 1.29 is 13.5 Å². The molecule has 0 saturated heterocycles. The summed E-state index contributed by atoms with van der Waals surface area (Å²) in [5, 5.41) is 0. The Morgan fingerprint density at radius 2 is 1.94 bits per heavy atom. The third-order valence-electron chi connectivity index (χ3n) is 2.03. The van der Waals surface area contributed by atoms with Gasteiger partial charge < -0.3 is 8.94 Å². The monoisotopic (exact) mass is 265 g/mol. The minimum atomic E-state index is -3.39. The van der Waals surface area contributed by atoms with E-state index in [0.717, 1.165) is 0 Å². The van der Waals surface area contributed by atoms with E-state index < -0.39 is 6.87 Å². The first-order valence-electron chi connectivity index (χ1n) is 5.16. The van der Waals surface area contributed by atoms with E-state index in [-0.39, 0.29) is 18.0 Å². The van der Waals surface area contributed by atoms with E-state index in [4.69, 9.17) is 20.2 Å². The van der Waals surface area contributed by atoms with Crippen molar-refractivity contribution in [2.45, 2.75) is 39.8 Å². The first-order valence-corrected chi connectivity index (χ1v) is 7.64. The Bertz CT molecular complexity index is 356. The molecular weight excluding hydrogens is 249 g/mol. The lowest BCUT2D eigenvalue weighted by Gasteiger charge is -2.32. The zero-order chi connectivity index (χ0) is 12.3. The van der Waals surface area contributed by atoms with E-state index >= 15 is 0 Å². The molecular formula is C10H17ClNO3P. The molecule has 0 aliphatic rings. The maximum atomic E-state index is 12.3. The van der Waals surface area contributed by atoms with Gasteiger partial charge >= 0.3 is 6.87 Å². The van der Waals surface area contributed by atoms with E-state index in [1.165, 1.54) is 6.26 Å². The maximum Gasteiger partial charge on any atom is 0.414 e. The molecule has 0 saturated carbocycles. The zero-order valence-corrected chi connectivity index (χ0v) is 11.5. The van der Waals surface area contributed by atoms with Crippen LogP contribution in [-0.4, -0.2) is 16.8 Å². The second-order valence-corrected chi connectivity index (χ2v) is 6.87. The fourth-order valence-electron chi connectivity index (χ4n) is 1.62. The molecule has 0 bridgehead atoms. The molecule has 0 radical (unpaired) electrons. The molecule has 1 atom stereocenters. The van der Waals surface area contributed by atoms with Crippen molar-refractivity contribution in [3.05, 3.63) is 18.4 Å². The highest BCUT2D eigenvalue weighted by Gasteiger charge is 2.36. The molecule has 4 nitrogen and oxygen atoms in total. The van der Waals surface area contributed by atoms with Gasteiger partial charge in [-0.15, -0.1) is 0 Å². The van der Waals surface area contributed by atoms with Crippen LogP contribution in [0.3, 0.4) is 0 Å². The maximum absolute atomic E-state index is 12.3. The van der Waals surface area contributed by atoms with Gasteiger partial charge in [-0.25, -0.2) is 9.24 Å². The minimum absolute atomic E-state index is 0.0262. The predicted molar refractivity (Wildman–Crippen MR) is 64.9 cm³/mol. The average Bonchev–Trinajstić information content (AvgIpc) is 2.52. The Hall–Kier alpha value is -0.440. The Morgan fingerprint density at radius 1 is 1.38 bits per heavy atom. The quantitative estimate of drug-likeness (QED) is 0.751. The summed E-state index contributed by atoms with van der Waals surface area (Å²) in [5.41, 5.74) is 0. The molecule has 1 heterocycles. The fraction of sp³-hybridized carbons (Fsp3) is 0.600. The molecule has 0 aliphatic heterocycles. The second kappa shape index (κ2) is 5.26. The summed E-state index contributed by atoms with van der Waals surface area (Å²) in [6.07, 6.45) is 1.45. The van der Waals surface area contributed by atoms with E-state index in [2.05, 4.69) is 0 Å². The van der Waals surface area contributed by atoms with Gasteiger partial charge in [0.15, 0.2) is 0 Å². The van der Waals surface area contributed by atoms with Gasteiger partial charge in [0.2, 0.25) is 0 Å². The molecule has 0 fully saturated rings. The molecule has 1 aromatic heterocycles. The van der Waals surface area contributed by atoms with Gasteiger partial charge in [0.25, 0.3) is 5.95 Å². The fourth-order valence-corrected chi connectivity index (χ4v) is 4.40. The molecule has 6 heteroatoms. The van der Waals surface area contributed by atoms with Crippen molar-refractivity contribution in [1.29, 1.82) is 0 Å². The van der Waals surface area contributed by atoms with Crippen LogP contribution >= 0.6 is 18.1 Å². The van der Waals surface area contributed by atoms with Crippen molar-refractivity contribution in [3.63, 3.8) is 0 Å². The lowest BCUT2D eigenvalue weighted by atomic mass is 10.3. The molecule has 0 N–H and O–H groups in total. The van der Waals surface area contributed by atoms with Gasteiger partial charge in [-0.2, -0.15) is 0 Å². The number of hydrogen-bond acceptors (Lipinski definition) is 3. The standard InChI is InChI=1S/C10H17ClNO3P/c1-8(2)12(9(3)4)16(11,13)15-10-6-5-7-14-10/h5-9H,1-4H3. The van der Waals surface area contributed by atoms with Crippen molar-refractivity contribution in [1.82, 2.24) is 4.67 Å². The lowest BCUT2D eigenvalue weighted by molar-refractivity contribution is 0.263. The van der Waals surface area contributed by atoms with Gasteiger partial charge in [0, 0.05) is 29.4 Å². The highest BCUT2D eigenvalue weighted by Crippen LogP contribution is 2.57. The third kappa shape index (κ3) is 3.27. The topological polar surface area (TPSA) is 42.7 Å². The lowest BCUT2D eigenvalue weighted by Crippen LogP contribution is -2.33. The molecule has 0 aromatic carbocycles. The summed E-state index contributed by atoms with van der Waals surface area (Å²) >= 11 is 5.98. The van der Waals surface area contributed by atoms with Gasteiger partial charge in [-0.1, -0.05) is 0 Å². The molecule has 0 spiro atoms. The molecule has 92 valence electrons. The SMILES string of the molecule is CC(C)N(C(C)C)P(=O)(Cl)Oc1ccco1. The van der Waals surface area contributed by atoms with Crippen LogP contribution in [0, 0.1) is 0 Å². The first-order chi connectivity index (χ1) is 7.34. The molecule has 1 aromatic rings. The number of furan rings is 1. The zero-order valence-electron chi connectivity index (χ0n) is 9.88. The number of rotatable bonds is 5. The third-order valence-corrected chi connectivity index (χ3v) is 4.64. The van der Waals surface area contributed by atoms with Crippen molar-refractivity contribution in [3.8, 4) is 5.95 Å². The highest BCUT2D eigenvalue weighted by atomic mass is 35.7. The predicted octanol–water partition coefficient (Wildman–Crippen LogP) is 4.12. The number of nitrogens with zero attached hydrogens (tertiary/aromatic N) is 1. The average molecular weight is 266 g/mol. The largest absolute Gasteiger partial charge is 0.434 e. The van der Waals surface area contributed by atoms with E-state index in [1.54, 1.807) is 16.8 Å². The molecule has 1 rings (SSSR count). The van der Waals surface area contributed by atoms with Gasteiger partial charge in [0.05, 0.1) is 6.26 Å². The summed E-state index contributed by atoms with van der Waals surface area (Å²) < 4.78 is 24.1. The van der Waals surface area contributed by atoms with Crippen LogP contribution in [0.5, 0.6) is 5.95 Å². The number of halogens is 1. The summed E-state index contributed by atoms with van der Waals surface area (Å²) in [4.78, 5) is 0. The first kappa shape index (κ1) is 13.6. The second-order valence-electron chi connectivity index (χ2n) is 4.04. The Labute approximate surface area is 101 Å². The summed E-state index contributed by atoms with van der Waals surface area (Å²) in [6, 6.07) is 3.28. The van der Waals surface area contributed by atoms with Crippen LogP contribution in [0.1, 0.15) is 27.7 Å². The summed E-state index contributed by atoms with van der Waals surface area (Å²) in [5.74, 6) is 0.171. The summed E-state index contributed by atoms with van der Waals surface area (Å²) in [7, 11) is 0. The van der Waals surface area contributed by atoms with Crippen molar-refractivity contribution in [2.75, 3.05) is 0 Å². The van der Waals surface area contributed by atoms with Crippen LogP contribution in [0.25, 0.3) is 0 Å². The van der Waals surface area contributed by atoms with Crippen LogP contribution in [0.4, 0.5) is 0 Å². The molecule has 0 aliphatic carbocycles. The normalized spacial score (nSPS) is 15.8. The smallest absolute Gasteiger partial charge is 0.414 e. The Balaban J connectivity index is 2.86. The molecule has 16 heavy (non-hydrogen) atoms. The van der Waals surface area contributed by atoms with E-state index in [1.807, 2.05) is 27.7 Å². The van der Waals surface area contributed by atoms with Crippen LogP contribution in [0.15, 0.2) is 22.8 Å². The Morgan fingerprint density at radius 3 is 2.31 bits per heavy atom. The molecule has 0 amide bonds. The van der Waals surface area contributed by atoms with Crippen LogP contribution in [0.2, 0.25) is 0 Å². The highest BCUT2D eigenvalue weighted by molar-refractivity contribution is 7.83. The molecule has 1 unspecified atom stereocenters. The van der Waals surface area contributed by atoms with Crippen LogP contribution in [-0.2, 0) is 4.57 Å². The summed E-state index contributed by atoms with van der Waals surface area (Å²) in [6.45, 7) is 4.28. The van der Waals surface area contributed by atoms with E-state index in [9.17, 15) is 4.57 Å². The van der Waals surface area contributed by atoms with Crippen molar-refractivity contribution in [2.24, 2.45) is 0 Å². The van der Waals surface area contributed by atoms with Gasteiger partial charge in [-0.05, 0) is 33.8 Å². The minimum Gasteiger partial charge on any atom is -0.434 e. The number of hydrogen-bond donors (Lipinski definition) is 0. The Kier molecular flexibility index (Phi) is 4.48. The van der Waals surface area contributed by atoms with Crippen LogP contribution < -0.4 is 4.52 Å². The van der Waals surface area contributed by atoms with Gasteiger partial charge in [-0.3, -0.25) is 0 Å². The van der Waals surface area contributed by atoms with Gasteiger partial charge in [0.1, 0.15) is 0 Å². The van der Waals surface area contributed by atoms with Crippen molar-refractivity contribution >= 4 is 18.1 Å². The van der Waals surface area contributed by atoms with E-state index in [0.29, 0.717) is 0 Å².